The molecule has 82 valence electrons. The van der Waals surface area contributed by atoms with Crippen molar-refractivity contribution in [1.82, 2.24) is 0 Å². The molecule has 1 aromatic rings. The Kier molecular flexibility index (Phi) is 2.20. The number of fused-ring (bicyclic) bond motifs is 1. The topological polar surface area (TPSA) is 42.2 Å². The van der Waals surface area contributed by atoms with Crippen LogP contribution in [0, 0.1) is 11.3 Å². The molecule has 1 spiro atoms. The van der Waals surface area contributed by atoms with Crippen LogP contribution in [-0.2, 0) is 22.3 Å². The van der Waals surface area contributed by atoms with Gasteiger partial charge < -0.3 is 9.47 Å². The van der Waals surface area contributed by atoms with Crippen LogP contribution < -0.4 is 0 Å². The molecule has 16 heavy (non-hydrogen) atoms. The molecular weight excluding hydrogens is 202 g/mol. The van der Waals surface area contributed by atoms with Crippen molar-refractivity contribution in [2.24, 2.45) is 0 Å². The Morgan fingerprint density at radius 2 is 2.00 bits per heavy atom. The second-order valence-corrected chi connectivity index (χ2v) is 4.38. The monoisotopic (exact) mass is 215 g/mol. The van der Waals surface area contributed by atoms with Gasteiger partial charge in [-0.25, -0.2) is 0 Å². The molecule has 0 saturated carbocycles. The highest BCUT2D eigenvalue weighted by Gasteiger charge is 2.39. The van der Waals surface area contributed by atoms with Gasteiger partial charge in [0.2, 0.25) is 0 Å². The number of nitriles is 1. The highest BCUT2D eigenvalue weighted by Crippen LogP contribution is 2.35. The van der Waals surface area contributed by atoms with Crippen LogP contribution in [0.1, 0.15) is 23.1 Å². The molecule has 1 saturated heterocycles. The van der Waals surface area contributed by atoms with E-state index >= 15 is 0 Å². The minimum Gasteiger partial charge on any atom is -0.347 e. The lowest BCUT2D eigenvalue weighted by atomic mass is 9.86. The van der Waals surface area contributed by atoms with Crippen LogP contribution in [0.3, 0.4) is 0 Å². The first-order chi connectivity index (χ1) is 7.81. The standard InChI is InChI=1S/C13H13NO2/c14-9-10-1-2-12-8-13(15-5-6-16-13)4-3-11(12)7-10/h1-2,7H,3-6,8H2. The molecule has 1 fully saturated rings. The molecular formula is C13H13NO2. The zero-order valence-corrected chi connectivity index (χ0v) is 9.03. The average Bonchev–Trinajstić information content (AvgIpc) is 2.77. The largest absolute Gasteiger partial charge is 0.347 e. The maximum absolute atomic E-state index is 8.84. The van der Waals surface area contributed by atoms with Gasteiger partial charge in [0.25, 0.3) is 0 Å². The normalized spacial score (nSPS) is 21.7. The fraction of sp³-hybridized carbons (Fsp3) is 0.462. The molecule has 0 atom stereocenters. The number of rotatable bonds is 0. The summed E-state index contributed by atoms with van der Waals surface area (Å²) in [6.07, 6.45) is 2.65. The summed E-state index contributed by atoms with van der Waals surface area (Å²) in [5.74, 6) is -0.374. The van der Waals surface area contributed by atoms with Crippen molar-refractivity contribution in [3.05, 3.63) is 34.9 Å². The molecule has 3 heteroatoms. The molecule has 0 radical (unpaired) electrons. The number of hydrogen-bond donors (Lipinski definition) is 0. The van der Waals surface area contributed by atoms with E-state index in [1.54, 1.807) is 0 Å². The van der Waals surface area contributed by atoms with E-state index in [0.717, 1.165) is 24.8 Å². The lowest BCUT2D eigenvalue weighted by Gasteiger charge is -2.32. The van der Waals surface area contributed by atoms with Gasteiger partial charge in [0, 0.05) is 12.8 Å². The zero-order chi connectivity index (χ0) is 11.0. The summed E-state index contributed by atoms with van der Waals surface area (Å²) in [4.78, 5) is 0. The molecule has 0 unspecified atom stereocenters. The minimum absolute atomic E-state index is 0.374. The van der Waals surface area contributed by atoms with Crippen molar-refractivity contribution >= 4 is 0 Å². The summed E-state index contributed by atoms with van der Waals surface area (Å²) in [7, 11) is 0. The van der Waals surface area contributed by atoms with E-state index in [1.807, 2.05) is 18.2 Å². The van der Waals surface area contributed by atoms with Gasteiger partial charge in [0.15, 0.2) is 5.79 Å². The zero-order valence-electron chi connectivity index (χ0n) is 9.03. The number of ether oxygens (including phenoxy) is 2. The predicted octanol–water partition coefficient (Wildman–Crippen LogP) is 1.79. The van der Waals surface area contributed by atoms with Gasteiger partial charge in [-0.15, -0.1) is 0 Å². The Morgan fingerprint density at radius 1 is 1.19 bits per heavy atom. The van der Waals surface area contributed by atoms with E-state index in [4.69, 9.17) is 14.7 Å². The second-order valence-electron chi connectivity index (χ2n) is 4.38. The van der Waals surface area contributed by atoms with Gasteiger partial charge >= 0.3 is 0 Å². The Hall–Kier alpha value is -1.37. The maximum atomic E-state index is 8.84. The van der Waals surface area contributed by atoms with Gasteiger partial charge in [0.05, 0.1) is 24.8 Å². The summed E-state index contributed by atoms with van der Waals surface area (Å²) in [5, 5.41) is 8.84. The van der Waals surface area contributed by atoms with Gasteiger partial charge in [-0.05, 0) is 29.7 Å². The third kappa shape index (κ3) is 1.51. The van der Waals surface area contributed by atoms with E-state index in [-0.39, 0.29) is 5.79 Å². The maximum Gasteiger partial charge on any atom is 0.172 e. The molecule has 0 bridgehead atoms. The lowest BCUT2D eigenvalue weighted by molar-refractivity contribution is -0.163. The number of nitrogens with zero attached hydrogens (tertiary/aromatic N) is 1. The van der Waals surface area contributed by atoms with Crippen LogP contribution >= 0.6 is 0 Å². The summed E-state index contributed by atoms with van der Waals surface area (Å²) in [6, 6.07) is 8.05. The third-order valence-electron chi connectivity index (χ3n) is 3.38. The molecule has 1 aliphatic heterocycles. The van der Waals surface area contributed by atoms with Crippen molar-refractivity contribution < 1.29 is 9.47 Å². The van der Waals surface area contributed by atoms with Gasteiger partial charge in [-0.3, -0.25) is 0 Å². The van der Waals surface area contributed by atoms with E-state index in [9.17, 15) is 0 Å². The van der Waals surface area contributed by atoms with E-state index in [0.29, 0.717) is 13.2 Å². The molecule has 1 aliphatic carbocycles. The van der Waals surface area contributed by atoms with Gasteiger partial charge in [0.1, 0.15) is 0 Å². The van der Waals surface area contributed by atoms with Crippen LogP contribution in [0.2, 0.25) is 0 Å². The van der Waals surface area contributed by atoms with Gasteiger partial charge in [-0.2, -0.15) is 5.26 Å². The summed E-state index contributed by atoms with van der Waals surface area (Å²) >= 11 is 0. The first kappa shape index (κ1) is 9.83. The molecule has 1 heterocycles. The van der Waals surface area contributed by atoms with Crippen LogP contribution in [0.15, 0.2) is 18.2 Å². The van der Waals surface area contributed by atoms with E-state index < -0.39 is 0 Å². The summed E-state index contributed by atoms with van der Waals surface area (Å²) in [5.41, 5.74) is 3.26. The molecule has 3 rings (SSSR count). The minimum atomic E-state index is -0.374. The number of benzene rings is 1. The average molecular weight is 215 g/mol. The van der Waals surface area contributed by atoms with Crippen LogP contribution in [-0.4, -0.2) is 19.0 Å². The smallest absolute Gasteiger partial charge is 0.172 e. The highest BCUT2D eigenvalue weighted by molar-refractivity contribution is 5.40. The highest BCUT2D eigenvalue weighted by atomic mass is 16.7. The molecule has 1 aromatic carbocycles. The Labute approximate surface area is 94.6 Å². The van der Waals surface area contributed by atoms with E-state index in [2.05, 4.69) is 6.07 Å². The fourth-order valence-electron chi connectivity index (χ4n) is 2.55. The Morgan fingerprint density at radius 3 is 2.75 bits per heavy atom. The number of hydrogen-bond acceptors (Lipinski definition) is 3. The predicted molar refractivity (Wildman–Crippen MR) is 57.8 cm³/mol. The SMILES string of the molecule is N#Cc1ccc2c(c1)CCC1(C2)OCCO1. The molecule has 3 nitrogen and oxygen atoms in total. The summed E-state index contributed by atoms with van der Waals surface area (Å²) in [6.45, 7) is 1.40. The molecule has 0 amide bonds. The molecule has 2 aliphatic rings. The first-order valence-electron chi connectivity index (χ1n) is 5.61. The second kappa shape index (κ2) is 3.58. The molecule has 0 aromatic heterocycles. The Bertz CT molecular complexity index is 455. The van der Waals surface area contributed by atoms with E-state index in [1.165, 1.54) is 11.1 Å². The molecule has 0 N–H and O–H groups in total. The fourth-order valence-corrected chi connectivity index (χ4v) is 2.55. The van der Waals surface area contributed by atoms with Gasteiger partial charge in [-0.1, -0.05) is 6.07 Å². The van der Waals surface area contributed by atoms with Crippen LogP contribution in [0.25, 0.3) is 0 Å². The van der Waals surface area contributed by atoms with Crippen molar-refractivity contribution in [2.75, 3.05) is 13.2 Å². The third-order valence-corrected chi connectivity index (χ3v) is 3.38. The van der Waals surface area contributed by atoms with Crippen LogP contribution in [0.5, 0.6) is 0 Å². The van der Waals surface area contributed by atoms with Crippen LogP contribution in [0.4, 0.5) is 0 Å². The summed E-state index contributed by atoms with van der Waals surface area (Å²) < 4.78 is 11.4. The number of aryl methyl sites for hydroxylation is 1. The van der Waals surface area contributed by atoms with Crippen molar-refractivity contribution in [2.45, 2.75) is 25.0 Å². The quantitative estimate of drug-likeness (QED) is 0.662. The van der Waals surface area contributed by atoms with Crippen molar-refractivity contribution in [1.29, 1.82) is 5.26 Å². The van der Waals surface area contributed by atoms with Crippen molar-refractivity contribution in [3.63, 3.8) is 0 Å². The van der Waals surface area contributed by atoms with Crippen molar-refractivity contribution in [3.8, 4) is 6.07 Å². The lowest BCUT2D eigenvalue weighted by Crippen LogP contribution is -2.36. The first-order valence-corrected chi connectivity index (χ1v) is 5.61. The Balaban J connectivity index is 1.93.